The molecule has 0 aliphatic carbocycles. The summed E-state index contributed by atoms with van der Waals surface area (Å²) in [6.45, 7) is 2.72. The van der Waals surface area contributed by atoms with Crippen molar-refractivity contribution in [2.45, 2.75) is 102 Å². The third-order valence-electron chi connectivity index (χ3n) is 5.08. The van der Waals surface area contributed by atoms with Crippen LogP contribution in [0.5, 0.6) is 0 Å². The monoisotopic (exact) mass is 495 g/mol. The van der Waals surface area contributed by atoms with Crippen LogP contribution >= 0.6 is 0 Å². The molecule has 1 aromatic rings. The van der Waals surface area contributed by atoms with Gasteiger partial charge in [0.25, 0.3) is 0 Å². The average Bonchev–Trinajstić information content (AvgIpc) is 2.75. The van der Waals surface area contributed by atoms with Gasteiger partial charge in [-0.25, -0.2) is 13.1 Å². The fourth-order valence-electron chi connectivity index (χ4n) is 3.30. The minimum Gasteiger partial charge on any atom is -0.418 e. The second kappa shape index (κ2) is 18.7. The average molecular weight is 495 g/mol. The summed E-state index contributed by atoms with van der Waals surface area (Å²) in [4.78, 5) is 3.22. The summed E-state index contributed by atoms with van der Waals surface area (Å²) in [5.41, 5.74) is 0.339. The lowest BCUT2D eigenvalue weighted by Crippen LogP contribution is -2.24. The molecule has 0 saturated carbocycles. The molecule has 0 fully saturated rings. The van der Waals surface area contributed by atoms with E-state index in [9.17, 15) is 25.7 Å². The van der Waals surface area contributed by atoms with Crippen molar-refractivity contribution >= 4 is 23.0 Å². The van der Waals surface area contributed by atoms with E-state index in [0.29, 0.717) is 12.2 Å². The van der Waals surface area contributed by atoms with Crippen molar-refractivity contribution in [1.82, 2.24) is 4.72 Å². The van der Waals surface area contributed by atoms with Gasteiger partial charge in [-0.2, -0.15) is 0 Å². The van der Waals surface area contributed by atoms with Crippen LogP contribution in [-0.2, 0) is 10.0 Å². The van der Waals surface area contributed by atoms with Gasteiger partial charge in [0, 0.05) is 18.7 Å². The van der Waals surface area contributed by atoms with Gasteiger partial charge in [0.1, 0.15) is 0 Å². The Morgan fingerprint density at radius 2 is 1.12 bits per heavy atom. The second-order valence-corrected chi connectivity index (χ2v) is 9.85. The third-order valence-corrected chi connectivity index (χ3v) is 6.56. The van der Waals surface area contributed by atoms with Crippen molar-refractivity contribution < 1.29 is 25.7 Å². The zero-order chi connectivity index (χ0) is 25.0. The van der Waals surface area contributed by atoms with Crippen LogP contribution in [0.15, 0.2) is 29.2 Å². The zero-order valence-electron chi connectivity index (χ0n) is 19.6. The quantitative estimate of drug-likeness (QED) is 0.102. The first kappa shape index (κ1) is 31.3. The number of unbranched alkanes of at least 4 members (excludes halogenated alkanes) is 13. The van der Waals surface area contributed by atoms with E-state index in [-0.39, 0.29) is 4.90 Å². The van der Waals surface area contributed by atoms with Gasteiger partial charge in [-0.15, -0.1) is 0 Å². The van der Waals surface area contributed by atoms with Crippen molar-refractivity contribution in [3.8, 4) is 0 Å². The largest absolute Gasteiger partial charge is 0.673 e. The van der Waals surface area contributed by atoms with Crippen LogP contribution in [0.3, 0.4) is 0 Å². The van der Waals surface area contributed by atoms with Gasteiger partial charge in [0.05, 0.1) is 4.90 Å². The summed E-state index contributed by atoms with van der Waals surface area (Å²) in [5, 5.41) is 8.64. The fourth-order valence-corrected chi connectivity index (χ4v) is 4.38. The van der Waals surface area contributed by atoms with Crippen LogP contribution in [0, 0.1) is 5.39 Å². The molecule has 11 heteroatoms. The van der Waals surface area contributed by atoms with Gasteiger partial charge in [-0.1, -0.05) is 90.4 Å². The molecule has 0 spiro atoms. The van der Waals surface area contributed by atoms with E-state index in [2.05, 4.69) is 16.6 Å². The van der Waals surface area contributed by atoms with Crippen molar-refractivity contribution in [3.05, 3.63) is 29.2 Å². The number of benzene rings is 1. The predicted molar refractivity (Wildman–Crippen MR) is 127 cm³/mol. The Morgan fingerprint density at radius 1 is 0.758 bits per heavy atom. The number of rotatable bonds is 17. The molecule has 0 unspecified atom stereocenters. The maximum absolute atomic E-state index is 12.2. The number of sulfonamides is 1. The highest BCUT2D eigenvalue weighted by Gasteiger charge is 2.20. The first-order valence-corrected chi connectivity index (χ1v) is 13.4. The van der Waals surface area contributed by atoms with Crippen LogP contribution in [0.4, 0.5) is 23.0 Å². The molecule has 0 radical (unpaired) electrons. The van der Waals surface area contributed by atoms with Gasteiger partial charge in [-0.3, -0.25) is 0 Å². The van der Waals surface area contributed by atoms with Gasteiger partial charge >= 0.3 is 12.9 Å². The summed E-state index contributed by atoms with van der Waals surface area (Å²) in [7, 11) is -9.48. The Kier molecular flexibility index (Phi) is 17.8. The van der Waals surface area contributed by atoms with E-state index in [1.54, 1.807) is 0 Å². The van der Waals surface area contributed by atoms with Crippen molar-refractivity contribution in [3.63, 3.8) is 0 Å². The Labute approximate surface area is 196 Å². The number of hydrogen-bond acceptors (Lipinski definition) is 3. The molecular formula is C22H38BF4N3O2S. The maximum atomic E-state index is 12.2. The smallest absolute Gasteiger partial charge is 0.418 e. The fraction of sp³-hybridized carbons (Fsp3) is 0.727. The van der Waals surface area contributed by atoms with Crippen molar-refractivity contribution in [2.75, 3.05) is 6.54 Å². The first-order chi connectivity index (χ1) is 15.6. The molecular weight excluding hydrogens is 457 g/mol. The van der Waals surface area contributed by atoms with Gasteiger partial charge in [0.2, 0.25) is 15.4 Å². The SMILES string of the molecule is CCCCCCCCCCCCCCCCNS(=O)(=O)c1ccc([N+]#N)cc1.F[B-](F)(F)F. The normalized spacial score (nSPS) is 11.5. The highest BCUT2D eigenvalue weighted by molar-refractivity contribution is 7.89. The van der Waals surface area contributed by atoms with Gasteiger partial charge in [-0.05, 0) is 18.6 Å². The van der Waals surface area contributed by atoms with E-state index in [0.717, 1.165) is 12.8 Å². The van der Waals surface area contributed by atoms with Crippen LogP contribution in [0.2, 0.25) is 0 Å². The number of hydrogen-bond donors (Lipinski definition) is 1. The predicted octanol–water partition coefficient (Wildman–Crippen LogP) is 8.23. The second-order valence-electron chi connectivity index (χ2n) is 8.08. The molecule has 0 amide bonds. The molecule has 0 aliphatic heterocycles. The molecule has 0 heterocycles. The lowest BCUT2D eigenvalue weighted by molar-refractivity contribution is 0.368. The highest BCUT2D eigenvalue weighted by atomic mass is 32.2. The van der Waals surface area contributed by atoms with Crippen molar-refractivity contribution in [1.29, 1.82) is 5.39 Å². The highest BCUT2D eigenvalue weighted by Crippen LogP contribution is 2.16. The lowest BCUT2D eigenvalue weighted by atomic mass is 10.0. The van der Waals surface area contributed by atoms with E-state index < -0.39 is 17.3 Å². The van der Waals surface area contributed by atoms with Crippen LogP contribution in [0.25, 0.3) is 4.98 Å². The van der Waals surface area contributed by atoms with E-state index >= 15 is 0 Å². The van der Waals surface area contributed by atoms with Crippen LogP contribution < -0.4 is 4.72 Å². The summed E-state index contributed by atoms with van der Waals surface area (Å²) in [6, 6.07) is 5.84. The summed E-state index contributed by atoms with van der Waals surface area (Å²) < 4.78 is 66.0. The Hall–Kier alpha value is -1.67. The molecule has 0 aliphatic rings. The topological polar surface area (TPSA) is 74.3 Å². The maximum Gasteiger partial charge on any atom is 0.673 e. The Morgan fingerprint density at radius 3 is 1.48 bits per heavy atom. The van der Waals surface area contributed by atoms with E-state index in [4.69, 9.17) is 5.39 Å². The zero-order valence-corrected chi connectivity index (χ0v) is 20.4. The molecule has 5 nitrogen and oxygen atoms in total. The minimum atomic E-state index is -6.00. The number of diazo groups is 1. The summed E-state index contributed by atoms with van der Waals surface area (Å²) >= 11 is 0. The third kappa shape index (κ3) is 20.7. The molecule has 1 rings (SSSR count). The van der Waals surface area contributed by atoms with Gasteiger partial charge in [0.15, 0.2) is 4.98 Å². The number of halogens is 4. The number of nitrogens with zero attached hydrogens (tertiary/aromatic N) is 2. The molecule has 0 atom stereocenters. The summed E-state index contributed by atoms with van der Waals surface area (Å²) in [6.07, 6.45) is 18.0. The van der Waals surface area contributed by atoms with Crippen molar-refractivity contribution in [2.24, 2.45) is 0 Å². The molecule has 190 valence electrons. The molecule has 1 N–H and O–H groups in total. The molecule has 0 aromatic heterocycles. The van der Waals surface area contributed by atoms with Gasteiger partial charge < -0.3 is 17.3 Å². The Balaban J connectivity index is 0.00000184. The Bertz CT molecular complexity index is 748. The summed E-state index contributed by atoms with van der Waals surface area (Å²) in [5.74, 6) is 0. The molecule has 33 heavy (non-hydrogen) atoms. The first-order valence-electron chi connectivity index (χ1n) is 11.9. The lowest BCUT2D eigenvalue weighted by Gasteiger charge is -2.06. The molecule has 0 saturated heterocycles. The molecule has 1 aromatic carbocycles. The minimum absolute atomic E-state index is 0.199. The van der Waals surface area contributed by atoms with E-state index in [1.807, 2.05) is 0 Å². The number of nitrogens with one attached hydrogen (secondary N) is 1. The van der Waals surface area contributed by atoms with Crippen LogP contribution in [0.1, 0.15) is 96.8 Å². The van der Waals surface area contributed by atoms with E-state index in [1.165, 1.54) is 101 Å². The standard InChI is InChI=1S/C22H38N3O2S.BF4/c1-2-3-4-5-6-7-8-9-10-11-12-13-14-15-20-24-28(26,27)22-18-16-21(25-23)17-19-22;2-1(3,4)5/h16-19,24H,2-15,20H2,1H3;/q+1;-1. The van der Waals surface area contributed by atoms with Crippen LogP contribution in [-0.4, -0.2) is 22.2 Å². The molecule has 0 bridgehead atoms.